The van der Waals surface area contributed by atoms with Crippen LogP contribution in [-0.4, -0.2) is 71.8 Å². The summed E-state index contributed by atoms with van der Waals surface area (Å²) in [4.78, 5) is 0. The van der Waals surface area contributed by atoms with Crippen molar-refractivity contribution in [2.75, 3.05) is 0 Å². The third-order valence-corrected chi connectivity index (χ3v) is 0. The van der Waals surface area contributed by atoms with E-state index in [4.69, 9.17) is 0 Å². The summed E-state index contributed by atoms with van der Waals surface area (Å²) in [7, 11) is 0. The van der Waals surface area contributed by atoms with Crippen LogP contribution in [0.15, 0.2) is 0 Å². The van der Waals surface area contributed by atoms with Crippen LogP contribution in [-0.2, 0) is 22.4 Å². The molecule has 0 aliphatic heterocycles. The zero-order valence-electron chi connectivity index (χ0n) is 1.57. The van der Waals surface area contributed by atoms with Gasteiger partial charge >= 0.3 is 46.8 Å². The van der Waals surface area contributed by atoms with Crippen LogP contribution in [0.5, 0.6) is 0 Å². The van der Waals surface area contributed by atoms with Crippen LogP contribution in [0.1, 0.15) is 0 Å². The SMILES string of the molecule is [Ag+].[Sb+3].[Te-2].[Te-2]. The van der Waals surface area contributed by atoms with Gasteiger partial charge in [0.05, 0.1) is 0 Å². The van der Waals surface area contributed by atoms with Gasteiger partial charge in [0.2, 0.25) is 0 Å². The van der Waals surface area contributed by atoms with Crippen molar-refractivity contribution in [1.29, 1.82) is 0 Å². The maximum absolute atomic E-state index is 0. The van der Waals surface area contributed by atoms with Gasteiger partial charge in [-0.2, -0.15) is 0 Å². The van der Waals surface area contributed by atoms with Crippen LogP contribution in [0, 0.1) is 0 Å². The van der Waals surface area contributed by atoms with Gasteiger partial charge in [-0.3, -0.25) is 0 Å². The van der Waals surface area contributed by atoms with E-state index in [1.807, 2.05) is 0 Å². The van der Waals surface area contributed by atoms with E-state index >= 15 is 0 Å². The minimum atomic E-state index is 0. The van der Waals surface area contributed by atoms with E-state index in [1.165, 1.54) is 0 Å². The Morgan fingerprint density at radius 3 is 0.750 bits per heavy atom. The van der Waals surface area contributed by atoms with Gasteiger partial charge in [0.15, 0.2) is 0 Å². The molecule has 0 atom stereocenters. The largest absolute Gasteiger partial charge is 3.00 e. The Hall–Kier alpha value is 3.14. The van der Waals surface area contributed by atoms with Gasteiger partial charge in [-0.05, 0) is 0 Å². The molecule has 28 valence electrons. The Labute approximate surface area is 92.3 Å². The zero-order chi connectivity index (χ0) is 0. The maximum Gasteiger partial charge on any atom is 3.00 e. The van der Waals surface area contributed by atoms with Crippen LogP contribution < -0.4 is 0 Å². The van der Waals surface area contributed by atoms with E-state index in [0.29, 0.717) is 0 Å². The summed E-state index contributed by atoms with van der Waals surface area (Å²) in [5, 5.41) is 0. The van der Waals surface area contributed by atoms with Crippen molar-refractivity contribution in [1.82, 2.24) is 0 Å². The molecule has 0 aromatic carbocycles. The molecule has 0 bridgehead atoms. The van der Waals surface area contributed by atoms with Crippen LogP contribution in [0.2, 0.25) is 0 Å². The van der Waals surface area contributed by atoms with E-state index in [0.717, 1.165) is 0 Å². The summed E-state index contributed by atoms with van der Waals surface area (Å²) >= 11 is 0. The molecule has 0 saturated carbocycles. The summed E-state index contributed by atoms with van der Waals surface area (Å²) in [6.07, 6.45) is 0. The molecule has 0 saturated heterocycles. The van der Waals surface area contributed by atoms with Crippen LogP contribution in [0.25, 0.3) is 0 Å². The fourth-order valence-corrected chi connectivity index (χ4v) is 0. The Morgan fingerprint density at radius 2 is 0.750 bits per heavy atom. The molecule has 0 aliphatic rings. The minimum Gasteiger partial charge on any atom is -2.00 e. The molecule has 0 heterocycles. The number of hydrogen-bond acceptors (Lipinski definition) is 0. The van der Waals surface area contributed by atoms with Crippen molar-refractivity contribution in [3.05, 3.63) is 0 Å². The first-order valence-corrected chi connectivity index (χ1v) is 0. The van der Waals surface area contributed by atoms with Crippen molar-refractivity contribution >= 4 is 71.8 Å². The molecule has 0 spiro atoms. The molecule has 0 aromatic rings. The first-order valence-electron chi connectivity index (χ1n) is 0. The monoisotopic (exact) mass is 488 g/mol. The predicted octanol–water partition coefficient (Wildman–Crippen LogP) is -1.14. The molecule has 4 heavy (non-hydrogen) atoms. The topological polar surface area (TPSA) is 0 Å². The normalized spacial score (nSPS) is 0. The first kappa shape index (κ1) is 27.3. The molecule has 0 N–H and O–H groups in total. The van der Waals surface area contributed by atoms with Gasteiger partial charge in [-0.1, -0.05) is 0 Å². The van der Waals surface area contributed by atoms with Gasteiger partial charge in [-0.25, -0.2) is 0 Å². The van der Waals surface area contributed by atoms with Crippen molar-refractivity contribution in [3.8, 4) is 0 Å². The summed E-state index contributed by atoms with van der Waals surface area (Å²) < 4.78 is 0. The second-order valence-corrected chi connectivity index (χ2v) is 0. The minimum absolute atomic E-state index is 0. The molecule has 2 radical (unpaired) electrons. The van der Waals surface area contributed by atoms with Crippen molar-refractivity contribution in [2.24, 2.45) is 0 Å². The Morgan fingerprint density at radius 1 is 0.750 bits per heavy atom. The maximum atomic E-state index is 0. The number of rotatable bonds is 0. The van der Waals surface area contributed by atoms with Gasteiger partial charge in [0.1, 0.15) is 0 Å². The summed E-state index contributed by atoms with van der Waals surface area (Å²) in [5.41, 5.74) is 0. The van der Waals surface area contributed by atoms with E-state index in [2.05, 4.69) is 0 Å². The second kappa shape index (κ2) is 16.5. The van der Waals surface area contributed by atoms with E-state index in [1.54, 1.807) is 0 Å². The smallest absolute Gasteiger partial charge is 2.00 e. The Kier molecular flexibility index (Phi) is 112. The zero-order valence-corrected chi connectivity index (χ0v) is 10.3. The fourth-order valence-electron chi connectivity index (χ4n) is 0. The van der Waals surface area contributed by atoms with Crippen LogP contribution in [0.3, 0.4) is 0 Å². The second-order valence-electron chi connectivity index (χ2n) is 0. The third-order valence-electron chi connectivity index (χ3n) is 0. The molecule has 4 heteroatoms. The van der Waals surface area contributed by atoms with Gasteiger partial charge in [0, 0.05) is 0 Å². The van der Waals surface area contributed by atoms with E-state index in [-0.39, 0.29) is 94.1 Å². The van der Waals surface area contributed by atoms with Crippen LogP contribution in [0.4, 0.5) is 0 Å². The van der Waals surface area contributed by atoms with Gasteiger partial charge < -0.3 is 47.3 Å². The van der Waals surface area contributed by atoms with Gasteiger partial charge in [-0.15, -0.1) is 0 Å². The predicted molar refractivity (Wildman–Crippen MR) is 17.3 cm³/mol. The molecule has 0 fully saturated rings. The van der Waals surface area contributed by atoms with Gasteiger partial charge in [0.25, 0.3) is 0 Å². The molecular weight excluding hydrogens is 485 g/mol. The summed E-state index contributed by atoms with van der Waals surface area (Å²) in [6.45, 7) is 0. The first-order chi connectivity index (χ1) is 0. The van der Waals surface area contributed by atoms with E-state index in [9.17, 15) is 0 Å². The van der Waals surface area contributed by atoms with Crippen molar-refractivity contribution in [2.45, 2.75) is 0 Å². The molecule has 0 amide bonds. The summed E-state index contributed by atoms with van der Waals surface area (Å²) in [5.74, 6) is 0. The van der Waals surface area contributed by atoms with Crippen molar-refractivity contribution < 1.29 is 22.4 Å². The molecule has 0 aromatic heterocycles. The molecule has 0 aliphatic carbocycles. The summed E-state index contributed by atoms with van der Waals surface area (Å²) in [6, 6.07) is 0. The van der Waals surface area contributed by atoms with Crippen molar-refractivity contribution in [3.63, 3.8) is 0 Å². The quantitative estimate of drug-likeness (QED) is 0.381. The molecular formula is AgSbTe2. The molecule has 0 unspecified atom stereocenters. The standard InChI is InChI=1S/Ag.Sb.2Te/q+1;+3;2*-2. The molecule has 0 rings (SSSR count). The Balaban J connectivity index is 0. The third kappa shape index (κ3) is 8.93. The number of hydrogen-bond donors (Lipinski definition) is 0. The molecule has 0 nitrogen and oxygen atoms in total. The average molecular weight is 485 g/mol. The fraction of sp³-hybridized carbons (Fsp3) is 0. The van der Waals surface area contributed by atoms with E-state index < -0.39 is 0 Å². The van der Waals surface area contributed by atoms with Crippen LogP contribution >= 0.6 is 0 Å². The average Bonchev–Trinajstić information content (AvgIpc) is 0. The Bertz CT molecular complexity index is 6.00.